The molecule has 0 aliphatic carbocycles. The summed E-state index contributed by atoms with van der Waals surface area (Å²) in [5.74, 6) is -0.122. The van der Waals surface area contributed by atoms with Crippen LogP contribution >= 0.6 is 0 Å². The molecule has 0 heterocycles. The van der Waals surface area contributed by atoms with Crippen molar-refractivity contribution in [1.29, 1.82) is 0 Å². The van der Waals surface area contributed by atoms with Gasteiger partial charge in [0.15, 0.2) is 5.78 Å². The first-order valence-corrected chi connectivity index (χ1v) is 6.17. The summed E-state index contributed by atoms with van der Waals surface area (Å²) in [7, 11) is 0. The highest BCUT2D eigenvalue weighted by molar-refractivity contribution is 6.01. The lowest BCUT2D eigenvalue weighted by atomic mass is 10.1. The zero-order chi connectivity index (χ0) is 13.4. The summed E-state index contributed by atoms with van der Waals surface area (Å²) in [6, 6.07) is 8.29. The summed E-state index contributed by atoms with van der Waals surface area (Å²) in [4.78, 5) is 23.3. The number of carbonyl (C=O) groups is 2. The van der Waals surface area contributed by atoms with E-state index in [4.69, 9.17) is 4.74 Å². The van der Waals surface area contributed by atoms with Crippen LogP contribution in [0, 0.1) is 0 Å². The summed E-state index contributed by atoms with van der Waals surface area (Å²) >= 11 is 0. The summed E-state index contributed by atoms with van der Waals surface area (Å²) in [5.41, 5.74) is 0.582. The third kappa shape index (κ3) is 4.57. The molecule has 0 fully saturated rings. The van der Waals surface area contributed by atoms with Crippen molar-refractivity contribution < 1.29 is 14.3 Å². The highest BCUT2D eigenvalue weighted by atomic mass is 16.5. The van der Waals surface area contributed by atoms with E-state index < -0.39 is 12.1 Å². The number of ether oxygens (including phenoxy) is 1. The van der Waals surface area contributed by atoms with Crippen molar-refractivity contribution in [3.63, 3.8) is 0 Å². The second-order valence-corrected chi connectivity index (χ2v) is 4.09. The molecule has 0 spiro atoms. The maximum Gasteiger partial charge on any atom is 0.407 e. The Labute approximate surface area is 107 Å². The van der Waals surface area contributed by atoms with Crippen molar-refractivity contribution in [3.05, 3.63) is 35.9 Å². The number of hydrogen-bond acceptors (Lipinski definition) is 3. The molecule has 0 aliphatic rings. The van der Waals surface area contributed by atoms with Gasteiger partial charge in [0, 0.05) is 5.56 Å². The zero-order valence-electron chi connectivity index (χ0n) is 10.8. The van der Waals surface area contributed by atoms with E-state index in [1.54, 1.807) is 31.2 Å². The van der Waals surface area contributed by atoms with E-state index in [1.807, 2.05) is 13.0 Å². The molecular formula is C14H19NO3. The largest absolute Gasteiger partial charge is 0.450 e. The number of unbranched alkanes of at least 4 members (excludes halogenated alkanes) is 1. The second kappa shape index (κ2) is 7.48. The van der Waals surface area contributed by atoms with Crippen molar-refractivity contribution in [1.82, 2.24) is 5.32 Å². The number of rotatable bonds is 6. The molecule has 0 unspecified atom stereocenters. The van der Waals surface area contributed by atoms with Gasteiger partial charge >= 0.3 is 6.09 Å². The first-order valence-electron chi connectivity index (χ1n) is 6.17. The molecule has 0 aliphatic heterocycles. The molecule has 1 atom stereocenters. The minimum atomic E-state index is -0.582. The van der Waals surface area contributed by atoms with Crippen LogP contribution in [-0.4, -0.2) is 24.5 Å². The Kier molecular flexibility index (Phi) is 5.91. The minimum absolute atomic E-state index is 0.122. The van der Waals surface area contributed by atoms with Gasteiger partial charge in [-0.15, -0.1) is 0 Å². The molecule has 1 aromatic carbocycles. The van der Waals surface area contributed by atoms with Gasteiger partial charge in [0.25, 0.3) is 0 Å². The van der Waals surface area contributed by atoms with Gasteiger partial charge in [0.1, 0.15) is 0 Å². The fourth-order valence-corrected chi connectivity index (χ4v) is 1.45. The lowest BCUT2D eigenvalue weighted by molar-refractivity contribution is 0.0930. The quantitative estimate of drug-likeness (QED) is 0.623. The van der Waals surface area contributed by atoms with E-state index in [1.165, 1.54) is 0 Å². The Morgan fingerprint density at radius 2 is 1.94 bits per heavy atom. The molecule has 1 N–H and O–H groups in total. The third-order valence-corrected chi connectivity index (χ3v) is 2.52. The average Bonchev–Trinajstić information content (AvgIpc) is 2.39. The van der Waals surface area contributed by atoms with E-state index in [-0.39, 0.29) is 5.78 Å². The van der Waals surface area contributed by atoms with Crippen molar-refractivity contribution >= 4 is 11.9 Å². The highest BCUT2D eigenvalue weighted by Gasteiger charge is 2.17. The van der Waals surface area contributed by atoms with Crippen LogP contribution in [0.25, 0.3) is 0 Å². The van der Waals surface area contributed by atoms with Crippen molar-refractivity contribution in [2.45, 2.75) is 32.7 Å². The van der Waals surface area contributed by atoms with Gasteiger partial charge in [-0.25, -0.2) is 4.79 Å². The molecule has 0 radical (unpaired) electrons. The van der Waals surface area contributed by atoms with Crippen LogP contribution in [0.2, 0.25) is 0 Å². The second-order valence-electron chi connectivity index (χ2n) is 4.09. The standard InChI is InChI=1S/C14H19NO3/c1-3-4-10-18-14(17)15-11(2)13(16)12-8-6-5-7-9-12/h5-9,11H,3-4,10H2,1-2H3,(H,15,17)/t11-/m0/s1. The van der Waals surface area contributed by atoms with E-state index in [0.717, 1.165) is 12.8 Å². The van der Waals surface area contributed by atoms with Crippen LogP contribution in [0.5, 0.6) is 0 Å². The van der Waals surface area contributed by atoms with E-state index >= 15 is 0 Å². The van der Waals surface area contributed by atoms with Gasteiger partial charge in [-0.2, -0.15) is 0 Å². The molecule has 0 saturated carbocycles. The summed E-state index contributed by atoms with van der Waals surface area (Å²) < 4.78 is 4.94. The normalized spacial score (nSPS) is 11.7. The molecule has 0 saturated heterocycles. The maximum absolute atomic E-state index is 11.9. The van der Waals surface area contributed by atoms with Gasteiger partial charge < -0.3 is 10.1 Å². The first kappa shape index (κ1) is 14.2. The van der Waals surface area contributed by atoms with Crippen LogP contribution < -0.4 is 5.32 Å². The zero-order valence-corrected chi connectivity index (χ0v) is 10.8. The maximum atomic E-state index is 11.9. The van der Waals surface area contributed by atoms with Crippen LogP contribution in [-0.2, 0) is 4.74 Å². The van der Waals surface area contributed by atoms with Gasteiger partial charge in [-0.1, -0.05) is 43.7 Å². The molecule has 4 heteroatoms. The Bertz CT molecular complexity index is 389. The molecule has 1 amide bonds. The minimum Gasteiger partial charge on any atom is -0.450 e. The first-order chi connectivity index (χ1) is 8.65. The molecule has 0 bridgehead atoms. The highest BCUT2D eigenvalue weighted by Crippen LogP contribution is 2.03. The number of carbonyl (C=O) groups excluding carboxylic acids is 2. The summed E-state index contributed by atoms with van der Waals surface area (Å²) in [5, 5.41) is 2.53. The van der Waals surface area contributed by atoms with E-state index in [9.17, 15) is 9.59 Å². The Morgan fingerprint density at radius 1 is 1.28 bits per heavy atom. The number of amides is 1. The Balaban J connectivity index is 2.43. The number of Topliss-reactive ketones (excluding diaryl/α,β-unsaturated/α-hetero) is 1. The number of benzene rings is 1. The number of hydrogen-bond donors (Lipinski definition) is 1. The van der Waals surface area contributed by atoms with Gasteiger partial charge in [-0.3, -0.25) is 4.79 Å². The van der Waals surface area contributed by atoms with Crippen LogP contribution in [0.3, 0.4) is 0 Å². The molecular weight excluding hydrogens is 230 g/mol. The van der Waals surface area contributed by atoms with Gasteiger partial charge in [0.2, 0.25) is 0 Å². The predicted molar refractivity (Wildman–Crippen MR) is 69.6 cm³/mol. The molecule has 1 rings (SSSR count). The SMILES string of the molecule is CCCCOC(=O)N[C@@H](C)C(=O)c1ccccc1. The fraction of sp³-hybridized carbons (Fsp3) is 0.429. The smallest absolute Gasteiger partial charge is 0.407 e. The van der Waals surface area contributed by atoms with E-state index in [2.05, 4.69) is 5.32 Å². The van der Waals surface area contributed by atoms with Gasteiger partial charge in [-0.05, 0) is 13.3 Å². The predicted octanol–water partition coefficient (Wildman–Crippen LogP) is 2.78. The van der Waals surface area contributed by atoms with Gasteiger partial charge in [0.05, 0.1) is 12.6 Å². The molecule has 98 valence electrons. The number of ketones is 1. The molecule has 18 heavy (non-hydrogen) atoms. The van der Waals surface area contributed by atoms with E-state index in [0.29, 0.717) is 12.2 Å². The lowest BCUT2D eigenvalue weighted by Gasteiger charge is -2.12. The number of alkyl carbamates (subject to hydrolysis) is 1. The van der Waals surface area contributed by atoms with Crippen LogP contribution in [0.1, 0.15) is 37.0 Å². The van der Waals surface area contributed by atoms with Crippen LogP contribution in [0.15, 0.2) is 30.3 Å². The monoisotopic (exact) mass is 249 g/mol. The number of nitrogens with one attached hydrogen (secondary N) is 1. The lowest BCUT2D eigenvalue weighted by Crippen LogP contribution is -2.39. The molecule has 0 aromatic heterocycles. The summed E-state index contributed by atoms with van der Waals surface area (Å²) in [6.07, 6.45) is 1.25. The molecule has 4 nitrogen and oxygen atoms in total. The Hall–Kier alpha value is -1.84. The average molecular weight is 249 g/mol. The Morgan fingerprint density at radius 3 is 2.56 bits per heavy atom. The van der Waals surface area contributed by atoms with Crippen molar-refractivity contribution in [2.75, 3.05) is 6.61 Å². The third-order valence-electron chi connectivity index (χ3n) is 2.52. The topological polar surface area (TPSA) is 55.4 Å². The van der Waals surface area contributed by atoms with Crippen molar-refractivity contribution in [3.8, 4) is 0 Å². The van der Waals surface area contributed by atoms with Crippen molar-refractivity contribution in [2.24, 2.45) is 0 Å². The molecule has 1 aromatic rings. The van der Waals surface area contributed by atoms with Crippen LogP contribution in [0.4, 0.5) is 4.79 Å². The summed E-state index contributed by atoms with van der Waals surface area (Å²) in [6.45, 7) is 4.05. The fourth-order valence-electron chi connectivity index (χ4n) is 1.45.